The van der Waals surface area contributed by atoms with Gasteiger partial charge in [-0.3, -0.25) is 14.6 Å². The number of carbonyl (C=O) groups is 2. The smallest absolute Gasteiger partial charge is 0.454 e. The van der Waals surface area contributed by atoms with Crippen molar-refractivity contribution in [1.29, 1.82) is 0 Å². The summed E-state index contributed by atoms with van der Waals surface area (Å²) >= 11 is 1.11. The molecular weight excluding hydrogens is 523 g/mol. The number of fused-ring (bicyclic) bond motifs is 1. The molecule has 0 aliphatic carbocycles. The van der Waals surface area contributed by atoms with Crippen LogP contribution in [0.25, 0.3) is 0 Å². The molecule has 2 aliphatic rings. The first kappa shape index (κ1) is 25.5. The summed E-state index contributed by atoms with van der Waals surface area (Å²) in [4.78, 5) is 31.5. The fourth-order valence-electron chi connectivity index (χ4n) is 3.85. The van der Waals surface area contributed by atoms with Crippen molar-refractivity contribution in [1.82, 2.24) is 0 Å². The fourth-order valence-corrected chi connectivity index (χ4v) is 4.87. The monoisotopic (exact) mass is 543 g/mol. The first-order chi connectivity index (χ1) is 18.2. The Kier molecular flexibility index (Phi) is 7.14. The highest BCUT2D eigenvalue weighted by Gasteiger charge is 2.41. The molecule has 3 aromatic carbocycles. The van der Waals surface area contributed by atoms with Crippen molar-refractivity contribution in [3.05, 3.63) is 78.4 Å². The lowest BCUT2D eigenvalue weighted by Gasteiger charge is -2.17. The van der Waals surface area contributed by atoms with Gasteiger partial charge in [-0.2, -0.15) is 0 Å². The predicted molar refractivity (Wildman–Crippen MR) is 135 cm³/mol. The topological polar surface area (TPSA) is 89.5 Å². The van der Waals surface area contributed by atoms with Crippen LogP contribution >= 0.6 is 11.8 Å². The molecule has 196 valence electrons. The summed E-state index contributed by atoms with van der Waals surface area (Å²) < 4.78 is 52.0. The number of nitrogens with zero attached hydrogens (tertiary/aromatic N) is 2. The zero-order valence-electron chi connectivity index (χ0n) is 19.6. The summed E-state index contributed by atoms with van der Waals surface area (Å²) in [6, 6.07) is 19.3. The van der Waals surface area contributed by atoms with Gasteiger partial charge in [-0.25, -0.2) is 4.90 Å². The Morgan fingerprint density at radius 2 is 1.76 bits per heavy atom. The van der Waals surface area contributed by atoms with Crippen molar-refractivity contribution in [3.63, 3.8) is 0 Å². The van der Waals surface area contributed by atoms with Crippen molar-refractivity contribution >= 4 is 40.1 Å². The molecule has 1 atom stereocenters. The van der Waals surface area contributed by atoms with Gasteiger partial charge in [0.2, 0.25) is 18.6 Å². The molecule has 12 heteroatoms. The van der Waals surface area contributed by atoms with Crippen molar-refractivity contribution in [2.24, 2.45) is 4.99 Å². The van der Waals surface area contributed by atoms with E-state index in [2.05, 4.69) is 15.0 Å². The van der Waals surface area contributed by atoms with Gasteiger partial charge in [0.05, 0.1) is 12.2 Å². The molecule has 0 aromatic heterocycles. The lowest BCUT2D eigenvalue weighted by molar-refractivity contribution is -0.274. The number of hydrogen-bond donors (Lipinski definition) is 1. The van der Waals surface area contributed by atoms with Gasteiger partial charge in [0.1, 0.15) is 11.0 Å². The summed E-state index contributed by atoms with van der Waals surface area (Å²) in [5.41, 5.74) is 1.77. The number of imide groups is 1. The molecular formula is C26H20F3N3O5S. The molecule has 2 amide bonds. The molecule has 2 heterocycles. The Labute approximate surface area is 219 Å². The lowest BCUT2D eigenvalue weighted by atomic mass is 10.2. The average molecular weight is 544 g/mol. The molecule has 0 spiro atoms. The Balaban J connectivity index is 1.32. The normalized spacial score (nSPS) is 17.2. The molecule has 1 N–H and O–H groups in total. The summed E-state index contributed by atoms with van der Waals surface area (Å²) in [5, 5.41) is 2.85. The highest BCUT2D eigenvalue weighted by molar-refractivity contribution is 8.15. The first-order valence-corrected chi connectivity index (χ1v) is 12.3. The standard InChI is InChI=1S/C26H20F3N3O5S/c27-26(28,29)37-19-9-7-18(8-10-19)32-23(33)13-22(24(32)34)38-25(31-17-4-2-1-3-5-17)30-14-16-6-11-20-21(12-16)36-15-35-20/h1-12,22H,13-15H2,(H,30,31). The summed E-state index contributed by atoms with van der Waals surface area (Å²) in [7, 11) is 0. The molecule has 5 rings (SSSR count). The Hall–Kier alpha value is -4.19. The molecule has 1 saturated heterocycles. The maximum atomic E-state index is 13.2. The van der Waals surface area contributed by atoms with Gasteiger partial charge in [0.25, 0.3) is 0 Å². The molecule has 1 fully saturated rings. The van der Waals surface area contributed by atoms with Gasteiger partial charge in [0, 0.05) is 12.1 Å². The summed E-state index contributed by atoms with van der Waals surface area (Å²) in [5.74, 6) is -0.122. The zero-order valence-corrected chi connectivity index (χ0v) is 20.4. The van der Waals surface area contributed by atoms with E-state index in [9.17, 15) is 22.8 Å². The third-order valence-corrected chi connectivity index (χ3v) is 6.66. The van der Waals surface area contributed by atoms with Gasteiger partial charge in [-0.05, 0) is 54.1 Å². The van der Waals surface area contributed by atoms with Crippen LogP contribution in [-0.2, 0) is 16.1 Å². The van der Waals surface area contributed by atoms with Crippen LogP contribution in [0, 0.1) is 0 Å². The predicted octanol–water partition coefficient (Wildman–Crippen LogP) is 5.35. The van der Waals surface area contributed by atoms with Crippen LogP contribution in [0.15, 0.2) is 77.8 Å². The van der Waals surface area contributed by atoms with E-state index in [-0.39, 0.29) is 25.4 Å². The van der Waals surface area contributed by atoms with Crippen LogP contribution in [-0.4, -0.2) is 35.4 Å². The summed E-state index contributed by atoms with van der Waals surface area (Å²) in [6.45, 7) is 0.434. The number of benzene rings is 3. The maximum Gasteiger partial charge on any atom is 0.573 e. The molecule has 8 nitrogen and oxygen atoms in total. The molecule has 0 bridgehead atoms. The lowest BCUT2D eigenvalue weighted by Crippen LogP contribution is -2.31. The third kappa shape index (κ3) is 6.02. The second-order valence-electron chi connectivity index (χ2n) is 8.22. The minimum Gasteiger partial charge on any atom is -0.454 e. The second-order valence-corrected chi connectivity index (χ2v) is 9.41. The SMILES string of the molecule is O=C1CC(SC(=NCc2ccc3c(c2)OCO3)Nc2ccccc2)C(=O)N1c1ccc(OC(F)(F)F)cc1. The number of halogens is 3. The molecule has 2 aliphatic heterocycles. The van der Waals surface area contributed by atoms with E-state index < -0.39 is 29.2 Å². The Morgan fingerprint density at radius 1 is 1.03 bits per heavy atom. The molecule has 1 unspecified atom stereocenters. The number of hydrogen-bond acceptors (Lipinski definition) is 7. The van der Waals surface area contributed by atoms with Crippen LogP contribution in [0.3, 0.4) is 0 Å². The van der Waals surface area contributed by atoms with Crippen LogP contribution < -0.4 is 24.4 Å². The summed E-state index contributed by atoms with van der Waals surface area (Å²) in [6.07, 6.45) is -4.94. The van der Waals surface area contributed by atoms with Gasteiger partial charge >= 0.3 is 6.36 Å². The van der Waals surface area contributed by atoms with Gasteiger partial charge < -0.3 is 19.5 Å². The van der Waals surface area contributed by atoms with Gasteiger partial charge in [-0.15, -0.1) is 13.2 Å². The Bertz CT molecular complexity index is 1370. The van der Waals surface area contributed by atoms with E-state index in [1.54, 1.807) is 6.07 Å². The number of ether oxygens (including phenoxy) is 3. The number of anilines is 2. The number of rotatable bonds is 6. The van der Waals surface area contributed by atoms with Crippen LogP contribution in [0.2, 0.25) is 0 Å². The van der Waals surface area contributed by atoms with Crippen molar-refractivity contribution in [2.45, 2.75) is 24.6 Å². The largest absolute Gasteiger partial charge is 0.573 e. The highest BCUT2D eigenvalue weighted by Crippen LogP contribution is 2.34. The quantitative estimate of drug-likeness (QED) is 0.255. The van der Waals surface area contributed by atoms with Crippen LogP contribution in [0.4, 0.5) is 24.5 Å². The Morgan fingerprint density at radius 3 is 2.50 bits per heavy atom. The van der Waals surface area contributed by atoms with Crippen molar-refractivity contribution in [3.8, 4) is 17.2 Å². The maximum absolute atomic E-state index is 13.2. The number of para-hydroxylation sites is 1. The van der Waals surface area contributed by atoms with E-state index in [0.29, 0.717) is 16.7 Å². The molecule has 3 aromatic rings. The molecule has 0 radical (unpaired) electrons. The second kappa shape index (κ2) is 10.7. The van der Waals surface area contributed by atoms with E-state index in [0.717, 1.165) is 40.0 Å². The molecule has 0 saturated carbocycles. The minimum absolute atomic E-state index is 0.0934. The number of thioether (sulfide) groups is 1. The molecule has 38 heavy (non-hydrogen) atoms. The third-order valence-electron chi connectivity index (χ3n) is 5.55. The fraction of sp³-hybridized carbons (Fsp3) is 0.192. The number of nitrogens with one attached hydrogen (secondary N) is 1. The van der Waals surface area contributed by atoms with Gasteiger partial charge in [0.15, 0.2) is 16.7 Å². The number of aliphatic imine (C=N–C) groups is 1. The van der Waals surface area contributed by atoms with Crippen molar-refractivity contribution < 1.29 is 37.0 Å². The first-order valence-electron chi connectivity index (χ1n) is 11.4. The minimum atomic E-state index is -4.84. The van der Waals surface area contributed by atoms with E-state index in [4.69, 9.17) is 9.47 Å². The van der Waals surface area contributed by atoms with Gasteiger partial charge in [-0.1, -0.05) is 36.0 Å². The van der Waals surface area contributed by atoms with E-state index >= 15 is 0 Å². The average Bonchev–Trinajstić information content (AvgIpc) is 3.46. The number of amides is 2. The van der Waals surface area contributed by atoms with Crippen molar-refractivity contribution in [2.75, 3.05) is 17.0 Å². The highest BCUT2D eigenvalue weighted by atomic mass is 32.2. The number of carbonyl (C=O) groups excluding carboxylic acids is 2. The van der Waals surface area contributed by atoms with E-state index in [1.165, 1.54) is 12.1 Å². The van der Waals surface area contributed by atoms with Crippen LogP contribution in [0.1, 0.15) is 12.0 Å². The zero-order chi connectivity index (χ0) is 26.7. The number of alkyl halides is 3. The van der Waals surface area contributed by atoms with Crippen LogP contribution in [0.5, 0.6) is 17.2 Å². The number of amidine groups is 1. The van der Waals surface area contributed by atoms with E-state index in [1.807, 2.05) is 42.5 Å².